The Morgan fingerprint density at radius 1 is 1.43 bits per heavy atom. The second-order valence-corrected chi connectivity index (χ2v) is 5.39. The first-order valence-corrected chi connectivity index (χ1v) is 6.41. The molecule has 0 bridgehead atoms. The molecule has 0 aliphatic carbocycles. The Morgan fingerprint density at radius 3 is 3.29 bits per heavy atom. The third-order valence-corrected chi connectivity index (χ3v) is 4.10. The maximum atomic E-state index is 4.57. The zero-order valence-corrected chi connectivity index (χ0v) is 9.94. The zero-order valence-electron chi connectivity index (χ0n) is 7.53. The van der Waals surface area contributed by atoms with Crippen LogP contribution in [0.3, 0.4) is 0 Å². The highest BCUT2D eigenvalue weighted by atomic mass is 79.9. The van der Waals surface area contributed by atoms with Gasteiger partial charge in [0.1, 0.15) is 5.03 Å². The predicted molar refractivity (Wildman–Crippen MR) is 62.8 cm³/mol. The largest absolute Gasteiger partial charge is 0.258 e. The first-order chi connectivity index (χ1) is 6.84. The summed E-state index contributed by atoms with van der Waals surface area (Å²) in [5, 5.41) is 7.18. The standard InChI is InChI=1S/C10H9BrN2S/c11-7-2-3-9-8(6-7)10-13(12-9)4-1-5-14-10/h2-3,6H,1,4-5H2. The molecule has 0 saturated carbocycles. The minimum atomic E-state index is 1.06. The highest BCUT2D eigenvalue weighted by Crippen LogP contribution is 2.33. The fourth-order valence-electron chi connectivity index (χ4n) is 1.77. The SMILES string of the molecule is Brc1ccc2nn3c(c2c1)SCCC3. The van der Waals surface area contributed by atoms with E-state index in [1.807, 2.05) is 17.8 Å². The third kappa shape index (κ3) is 1.28. The third-order valence-electron chi connectivity index (χ3n) is 2.40. The number of rotatable bonds is 0. The van der Waals surface area contributed by atoms with Crippen molar-refractivity contribution in [3.63, 3.8) is 0 Å². The van der Waals surface area contributed by atoms with Crippen LogP contribution >= 0.6 is 27.7 Å². The number of thioether (sulfide) groups is 1. The molecule has 0 saturated heterocycles. The summed E-state index contributed by atoms with van der Waals surface area (Å²) < 4.78 is 3.26. The van der Waals surface area contributed by atoms with Gasteiger partial charge in [-0.1, -0.05) is 15.9 Å². The van der Waals surface area contributed by atoms with Crippen molar-refractivity contribution in [1.29, 1.82) is 0 Å². The average Bonchev–Trinajstić information content (AvgIpc) is 2.56. The second-order valence-electron chi connectivity index (χ2n) is 3.39. The van der Waals surface area contributed by atoms with E-state index in [9.17, 15) is 0 Å². The second kappa shape index (κ2) is 3.28. The van der Waals surface area contributed by atoms with Crippen LogP contribution in [-0.4, -0.2) is 15.5 Å². The molecule has 1 aromatic heterocycles. The van der Waals surface area contributed by atoms with E-state index < -0.39 is 0 Å². The highest BCUT2D eigenvalue weighted by molar-refractivity contribution is 9.10. The number of benzene rings is 1. The van der Waals surface area contributed by atoms with Gasteiger partial charge < -0.3 is 0 Å². The molecule has 14 heavy (non-hydrogen) atoms. The molecule has 0 spiro atoms. The molecule has 2 nitrogen and oxygen atoms in total. The molecule has 0 amide bonds. The Bertz CT molecular complexity index is 492. The molecule has 4 heteroatoms. The molecule has 1 aromatic carbocycles. The van der Waals surface area contributed by atoms with Gasteiger partial charge in [-0.25, -0.2) is 0 Å². The van der Waals surface area contributed by atoms with Gasteiger partial charge in [0.2, 0.25) is 0 Å². The quantitative estimate of drug-likeness (QED) is 0.730. The molecule has 1 aliphatic rings. The van der Waals surface area contributed by atoms with Crippen molar-refractivity contribution in [2.75, 3.05) is 5.75 Å². The van der Waals surface area contributed by atoms with Crippen molar-refractivity contribution in [2.24, 2.45) is 0 Å². The molecule has 0 unspecified atom stereocenters. The Hall–Kier alpha value is -0.480. The van der Waals surface area contributed by atoms with Crippen LogP contribution in [0.15, 0.2) is 27.7 Å². The number of aryl methyl sites for hydroxylation is 1. The first-order valence-electron chi connectivity index (χ1n) is 4.63. The number of fused-ring (bicyclic) bond motifs is 3. The van der Waals surface area contributed by atoms with Gasteiger partial charge in [0, 0.05) is 22.2 Å². The molecule has 1 aliphatic heterocycles. The van der Waals surface area contributed by atoms with Crippen molar-refractivity contribution in [3.8, 4) is 0 Å². The van der Waals surface area contributed by atoms with Crippen molar-refractivity contribution in [3.05, 3.63) is 22.7 Å². The Kier molecular flexibility index (Phi) is 2.06. The highest BCUT2D eigenvalue weighted by Gasteiger charge is 2.15. The summed E-state index contributed by atoms with van der Waals surface area (Å²) in [5.74, 6) is 1.22. The van der Waals surface area contributed by atoms with Gasteiger partial charge in [-0.05, 0) is 24.6 Å². The predicted octanol–water partition coefficient (Wildman–Crippen LogP) is 3.29. The van der Waals surface area contributed by atoms with Crippen LogP contribution in [0.2, 0.25) is 0 Å². The van der Waals surface area contributed by atoms with Crippen LogP contribution < -0.4 is 0 Å². The van der Waals surface area contributed by atoms with Gasteiger partial charge in [-0.3, -0.25) is 4.68 Å². The molecule has 2 aromatic rings. The van der Waals surface area contributed by atoms with Crippen LogP contribution in [0.25, 0.3) is 10.9 Å². The summed E-state index contributed by atoms with van der Waals surface area (Å²) in [6, 6.07) is 6.28. The van der Waals surface area contributed by atoms with E-state index in [-0.39, 0.29) is 0 Å². The van der Waals surface area contributed by atoms with Crippen molar-refractivity contribution in [1.82, 2.24) is 9.78 Å². The van der Waals surface area contributed by atoms with Gasteiger partial charge >= 0.3 is 0 Å². The Labute approximate surface area is 94.8 Å². The lowest BCUT2D eigenvalue weighted by molar-refractivity contribution is 0.555. The topological polar surface area (TPSA) is 17.8 Å². The minimum Gasteiger partial charge on any atom is -0.258 e. The number of aromatic nitrogens is 2. The fraction of sp³-hybridized carbons (Fsp3) is 0.300. The van der Waals surface area contributed by atoms with Crippen molar-refractivity contribution >= 4 is 38.6 Å². The molecular formula is C10H9BrN2S. The lowest BCUT2D eigenvalue weighted by Gasteiger charge is -2.12. The first kappa shape index (κ1) is 8.80. The number of halogens is 1. The van der Waals surface area contributed by atoms with Gasteiger partial charge in [0.05, 0.1) is 5.52 Å². The van der Waals surface area contributed by atoms with E-state index in [2.05, 4.69) is 37.8 Å². The maximum absolute atomic E-state index is 4.57. The molecular weight excluding hydrogens is 260 g/mol. The molecule has 3 rings (SSSR count). The number of hydrogen-bond donors (Lipinski definition) is 0. The lowest BCUT2D eigenvalue weighted by Crippen LogP contribution is -2.07. The molecule has 0 fully saturated rings. The summed E-state index contributed by atoms with van der Waals surface area (Å²) in [6.45, 7) is 1.06. The van der Waals surface area contributed by atoms with Crippen LogP contribution in [0.4, 0.5) is 0 Å². The Balaban J connectivity index is 2.32. The van der Waals surface area contributed by atoms with E-state index in [1.165, 1.54) is 22.6 Å². The van der Waals surface area contributed by atoms with Crippen LogP contribution in [-0.2, 0) is 6.54 Å². The average molecular weight is 269 g/mol. The van der Waals surface area contributed by atoms with Gasteiger partial charge in [0.25, 0.3) is 0 Å². The molecule has 0 atom stereocenters. The van der Waals surface area contributed by atoms with Gasteiger partial charge in [-0.2, -0.15) is 5.10 Å². The fourth-order valence-corrected chi connectivity index (χ4v) is 3.20. The molecule has 0 N–H and O–H groups in total. The maximum Gasteiger partial charge on any atom is 0.102 e. The van der Waals surface area contributed by atoms with Gasteiger partial charge in [-0.15, -0.1) is 11.8 Å². The van der Waals surface area contributed by atoms with Gasteiger partial charge in [0.15, 0.2) is 0 Å². The summed E-state index contributed by atoms with van der Waals surface area (Å²) in [5.41, 5.74) is 1.11. The summed E-state index contributed by atoms with van der Waals surface area (Å²) in [4.78, 5) is 0. The van der Waals surface area contributed by atoms with E-state index in [0.717, 1.165) is 16.5 Å². The number of nitrogens with zero attached hydrogens (tertiary/aromatic N) is 2. The summed E-state index contributed by atoms with van der Waals surface area (Å²) >= 11 is 5.41. The summed E-state index contributed by atoms with van der Waals surface area (Å²) in [7, 11) is 0. The van der Waals surface area contributed by atoms with E-state index in [1.54, 1.807) is 0 Å². The number of hydrogen-bond acceptors (Lipinski definition) is 2. The van der Waals surface area contributed by atoms with E-state index in [4.69, 9.17) is 0 Å². The molecule has 72 valence electrons. The monoisotopic (exact) mass is 268 g/mol. The van der Waals surface area contributed by atoms with E-state index in [0.29, 0.717) is 0 Å². The Morgan fingerprint density at radius 2 is 2.36 bits per heavy atom. The van der Waals surface area contributed by atoms with Crippen molar-refractivity contribution in [2.45, 2.75) is 18.0 Å². The summed E-state index contributed by atoms with van der Waals surface area (Å²) in [6.07, 6.45) is 1.23. The molecule has 2 heterocycles. The van der Waals surface area contributed by atoms with Crippen LogP contribution in [0.5, 0.6) is 0 Å². The molecule has 0 radical (unpaired) electrons. The van der Waals surface area contributed by atoms with E-state index >= 15 is 0 Å². The van der Waals surface area contributed by atoms with Crippen LogP contribution in [0, 0.1) is 0 Å². The lowest BCUT2D eigenvalue weighted by atomic mass is 10.3. The normalized spacial score (nSPS) is 15.8. The van der Waals surface area contributed by atoms with Crippen molar-refractivity contribution < 1.29 is 0 Å². The minimum absolute atomic E-state index is 1.06. The zero-order chi connectivity index (χ0) is 9.54. The smallest absolute Gasteiger partial charge is 0.102 e. The van der Waals surface area contributed by atoms with Crippen LogP contribution in [0.1, 0.15) is 6.42 Å².